The van der Waals surface area contributed by atoms with E-state index >= 15 is 0 Å². The van der Waals surface area contributed by atoms with Gasteiger partial charge in [0.1, 0.15) is 5.69 Å². The van der Waals surface area contributed by atoms with E-state index in [1.54, 1.807) is 12.1 Å². The summed E-state index contributed by atoms with van der Waals surface area (Å²) in [6.07, 6.45) is 3.02. The predicted octanol–water partition coefficient (Wildman–Crippen LogP) is 2.67. The van der Waals surface area contributed by atoms with Crippen LogP contribution in [0.25, 0.3) is 0 Å². The Hall–Kier alpha value is -2.18. The van der Waals surface area contributed by atoms with E-state index in [-0.39, 0.29) is 6.54 Å². The van der Waals surface area contributed by atoms with E-state index in [0.717, 1.165) is 4.90 Å². The van der Waals surface area contributed by atoms with Gasteiger partial charge in [-0.05, 0) is 11.6 Å². The first-order chi connectivity index (χ1) is 9.00. The number of pyridine rings is 2. The van der Waals surface area contributed by atoms with Gasteiger partial charge in [0, 0.05) is 26.0 Å². The van der Waals surface area contributed by atoms with Gasteiger partial charge in [0.05, 0.1) is 0 Å². The first kappa shape index (κ1) is 13.3. The third-order valence-corrected chi connectivity index (χ3v) is 2.50. The second-order valence-electron chi connectivity index (χ2n) is 3.89. The lowest BCUT2D eigenvalue weighted by atomic mass is 10.2. The second kappa shape index (κ2) is 5.21. The van der Waals surface area contributed by atoms with Gasteiger partial charge in [-0.15, -0.1) is 0 Å². The highest BCUT2D eigenvalue weighted by atomic mass is 19.2. The zero-order chi connectivity index (χ0) is 14.0. The molecule has 0 bridgehead atoms. The molecule has 0 amide bonds. The lowest BCUT2D eigenvalue weighted by Crippen LogP contribution is -2.21. The molecule has 0 aliphatic rings. The largest absolute Gasteiger partial charge is 0.365 e. The molecular formula is C12H9F4N3. The van der Waals surface area contributed by atoms with E-state index in [1.807, 2.05) is 0 Å². The Morgan fingerprint density at radius 1 is 1.11 bits per heavy atom. The lowest BCUT2D eigenvalue weighted by Gasteiger charge is -2.20. The minimum Gasteiger partial charge on any atom is -0.365 e. The number of hydrogen-bond acceptors (Lipinski definition) is 3. The van der Waals surface area contributed by atoms with Crippen LogP contribution in [0.4, 0.5) is 23.2 Å². The van der Waals surface area contributed by atoms with Crippen LogP contribution in [0.3, 0.4) is 0 Å². The smallest absolute Gasteiger partial charge is 0.253 e. The van der Waals surface area contributed by atoms with E-state index in [2.05, 4.69) is 9.97 Å². The first-order valence-corrected chi connectivity index (χ1v) is 5.30. The zero-order valence-electron chi connectivity index (χ0n) is 9.87. The normalized spacial score (nSPS) is 10.6. The van der Waals surface area contributed by atoms with E-state index < -0.39 is 29.2 Å². The van der Waals surface area contributed by atoms with Crippen LogP contribution in [-0.2, 0) is 6.54 Å². The quantitative estimate of drug-likeness (QED) is 0.635. The average molecular weight is 271 g/mol. The van der Waals surface area contributed by atoms with Gasteiger partial charge in [-0.1, -0.05) is 6.07 Å². The minimum atomic E-state index is -1.67. The molecule has 19 heavy (non-hydrogen) atoms. The van der Waals surface area contributed by atoms with Crippen LogP contribution in [0.15, 0.2) is 24.5 Å². The molecule has 2 heterocycles. The number of rotatable bonds is 3. The Morgan fingerprint density at radius 2 is 1.74 bits per heavy atom. The van der Waals surface area contributed by atoms with Gasteiger partial charge >= 0.3 is 0 Å². The van der Waals surface area contributed by atoms with E-state index in [9.17, 15) is 17.6 Å². The summed E-state index contributed by atoms with van der Waals surface area (Å²) in [5, 5.41) is 0. The molecule has 7 heteroatoms. The third kappa shape index (κ3) is 2.64. The highest BCUT2D eigenvalue weighted by Gasteiger charge is 2.23. The molecule has 0 atom stereocenters. The first-order valence-electron chi connectivity index (χ1n) is 5.30. The van der Waals surface area contributed by atoms with Crippen LogP contribution >= 0.6 is 0 Å². The zero-order valence-corrected chi connectivity index (χ0v) is 9.87. The molecule has 100 valence electrons. The van der Waals surface area contributed by atoms with Crippen molar-refractivity contribution in [1.29, 1.82) is 0 Å². The van der Waals surface area contributed by atoms with Gasteiger partial charge in [-0.25, -0.2) is 0 Å². The maximum absolute atomic E-state index is 13.5. The molecule has 0 aliphatic heterocycles. The summed E-state index contributed by atoms with van der Waals surface area (Å²) in [6, 6.07) is 3.32. The number of hydrogen-bond donors (Lipinski definition) is 0. The van der Waals surface area contributed by atoms with Crippen molar-refractivity contribution < 1.29 is 17.6 Å². The fourth-order valence-electron chi connectivity index (χ4n) is 1.66. The molecular weight excluding hydrogens is 262 g/mol. The molecule has 2 aromatic heterocycles. The standard InChI is InChI=1S/C12H9F4N3/c1-19(6-7-3-2-4-17-5-7)10-8(13)11(15)18-12(16)9(10)14/h2-5H,6H2,1H3. The molecule has 0 radical (unpaired) electrons. The van der Waals surface area contributed by atoms with E-state index in [4.69, 9.17) is 0 Å². The van der Waals surface area contributed by atoms with Crippen molar-refractivity contribution in [3.63, 3.8) is 0 Å². The summed E-state index contributed by atoms with van der Waals surface area (Å²) in [6.45, 7) is 0.0462. The van der Waals surface area contributed by atoms with Crippen molar-refractivity contribution in [1.82, 2.24) is 9.97 Å². The summed E-state index contributed by atoms with van der Waals surface area (Å²) in [5.41, 5.74) is -0.157. The van der Waals surface area contributed by atoms with Crippen LogP contribution < -0.4 is 4.90 Å². The molecule has 0 saturated heterocycles. The van der Waals surface area contributed by atoms with E-state index in [1.165, 1.54) is 19.4 Å². The molecule has 0 aliphatic carbocycles. The Labute approximate surface area is 106 Å². The average Bonchev–Trinajstić information content (AvgIpc) is 2.38. The molecule has 0 N–H and O–H groups in total. The van der Waals surface area contributed by atoms with Gasteiger partial charge < -0.3 is 4.90 Å². The van der Waals surface area contributed by atoms with Crippen molar-refractivity contribution in [2.24, 2.45) is 0 Å². The molecule has 3 nitrogen and oxygen atoms in total. The maximum atomic E-state index is 13.5. The van der Waals surface area contributed by atoms with Crippen molar-refractivity contribution >= 4 is 5.69 Å². The van der Waals surface area contributed by atoms with Gasteiger partial charge in [0.2, 0.25) is 11.6 Å². The highest BCUT2D eigenvalue weighted by Crippen LogP contribution is 2.26. The molecule has 0 fully saturated rings. The Bertz CT molecular complexity index is 563. The summed E-state index contributed by atoms with van der Waals surface area (Å²) in [4.78, 5) is 7.39. The minimum absolute atomic E-state index is 0.0462. The van der Waals surface area contributed by atoms with Gasteiger partial charge in [0.15, 0.2) is 0 Å². The van der Waals surface area contributed by atoms with Gasteiger partial charge in [-0.3, -0.25) is 4.98 Å². The fourth-order valence-corrected chi connectivity index (χ4v) is 1.66. The monoisotopic (exact) mass is 271 g/mol. The van der Waals surface area contributed by atoms with Crippen LogP contribution in [0.2, 0.25) is 0 Å². The van der Waals surface area contributed by atoms with Crippen LogP contribution in [0.5, 0.6) is 0 Å². The molecule has 0 unspecified atom stereocenters. The predicted molar refractivity (Wildman–Crippen MR) is 60.4 cm³/mol. The summed E-state index contributed by atoms with van der Waals surface area (Å²) < 4.78 is 53.0. The van der Waals surface area contributed by atoms with Crippen LogP contribution in [-0.4, -0.2) is 17.0 Å². The molecule has 0 spiro atoms. The number of anilines is 1. The number of nitrogens with zero attached hydrogens (tertiary/aromatic N) is 3. The fraction of sp³-hybridized carbons (Fsp3) is 0.167. The lowest BCUT2D eigenvalue weighted by molar-refractivity contribution is 0.407. The van der Waals surface area contributed by atoms with Crippen molar-refractivity contribution in [2.75, 3.05) is 11.9 Å². The molecule has 2 aromatic rings. The number of aromatic nitrogens is 2. The highest BCUT2D eigenvalue weighted by molar-refractivity contribution is 5.48. The van der Waals surface area contributed by atoms with Crippen LogP contribution in [0.1, 0.15) is 5.56 Å². The Balaban J connectivity index is 2.36. The third-order valence-electron chi connectivity index (χ3n) is 2.50. The maximum Gasteiger partial charge on any atom is 0.253 e. The van der Waals surface area contributed by atoms with Crippen molar-refractivity contribution in [3.05, 3.63) is 53.6 Å². The molecule has 0 aromatic carbocycles. The molecule has 2 rings (SSSR count). The SMILES string of the molecule is CN(Cc1cccnc1)c1c(F)c(F)nc(F)c1F. The molecule has 0 saturated carbocycles. The Morgan fingerprint density at radius 3 is 2.26 bits per heavy atom. The summed E-state index contributed by atoms with van der Waals surface area (Å²) in [5.74, 6) is -6.39. The van der Waals surface area contributed by atoms with Crippen molar-refractivity contribution in [3.8, 4) is 0 Å². The number of halogens is 4. The Kier molecular flexibility index (Phi) is 3.64. The summed E-state index contributed by atoms with van der Waals surface area (Å²) in [7, 11) is 1.31. The van der Waals surface area contributed by atoms with E-state index in [0.29, 0.717) is 5.56 Å². The summed E-state index contributed by atoms with van der Waals surface area (Å²) >= 11 is 0. The topological polar surface area (TPSA) is 29.0 Å². The van der Waals surface area contributed by atoms with Gasteiger partial charge in [0.25, 0.3) is 11.9 Å². The van der Waals surface area contributed by atoms with Crippen LogP contribution in [0, 0.1) is 23.5 Å². The second-order valence-corrected chi connectivity index (χ2v) is 3.89. The van der Waals surface area contributed by atoms with Gasteiger partial charge in [-0.2, -0.15) is 22.5 Å². The van der Waals surface area contributed by atoms with Crippen molar-refractivity contribution in [2.45, 2.75) is 6.54 Å².